The molecule has 0 aliphatic heterocycles. The molecule has 4 rings (SSSR count). The van der Waals surface area contributed by atoms with Crippen LogP contribution in [0.25, 0.3) is 16.9 Å². The molecule has 6 heteroatoms. The normalized spacial score (nSPS) is 11.0. The van der Waals surface area contributed by atoms with E-state index in [2.05, 4.69) is 5.32 Å². The molecule has 0 saturated heterocycles. The Labute approximate surface area is 161 Å². The van der Waals surface area contributed by atoms with Crippen LogP contribution in [0.1, 0.15) is 11.3 Å². The predicted molar refractivity (Wildman–Crippen MR) is 103 cm³/mol. The summed E-state index contributed by atoms with van der Waals surface area (Å²) in [6.07, 6.45) is 3.58. The standard InChI is InChI=1S/C21H17ClFN3O/c22-20-6-2-1-5-19(20)21-15(12-24-13-18-4-3-11-27-18)14-26(25-21)17-9-7-16(23)8-10-17/h1-11,14,24H,12-13H2. The second-order valence-corrected chi connectivity index (χ2v) is 6.49. The van der Waals surface area contributed by atoms with E-state index in [4.69, 9.17) is 21.1 Å². The van der Waals surface area contributed by atoms with Crippen molar-refractivity contribution >= 4 is 11.6 Å². The molecule has 2 aromatic carbocycles. The Kier molecular flexibility index (Phi) is 5.05. The van der Waals surface area contributed by atoms with Crippen molar-refractivity contribution in [1.82, 2.24) is 15.1 Å². The SMILES string of the molecule is Fc1ccc(-n2cc(CNCc3ccco3)c(-c3ccccc3Cl)n2)cc1. The Morgan fingerprint density at radius 2 is 1.81 bits per heavy atom. The molecule has 27 heavy (non-hydrogen) atoms. The number of rotatable bonds is 6. The molecule has 2 heterocycles. The van der Waals surface area contributed by atoms with E-state index in [-0.39, 0.29) is 5.82 Å². The lowest BCUT2D eigenvalue weighted by molar-refractivity contribution is 0.483. The number of nitrogens with one attached hydrogen (secondary N) is 1. The smallest absolute Gasteiger partial charge is 0.123 e. The van der Waals surface area contributed by atoms with Crippen molar-refractivity contribution in [2.24, 2.45) is 0 Å². The predicted octanol–water partition coefficient (Wildman–Crippen LogP) is 5.21. The molecule has 4 nitrogen and oxygen atoms in total. The monoisotopic (exact) mass is 381 g/mol. The lowest BCUT2D eigenvalue weighted by Crippen LogP contribution is -2.12. The quantitative estimate of drug-likeness (QED) is 0.498. The van der Waals surface area contributed by atoms with Gasteiger partial charge in [-0.25, -0.2) is 9.07 Å². The van der Waals surface area contributed by atoms with Crippen molar-refractivity contribution < 1.29 is 8.81 Å². The number of nitrogens with zero attached hydrogens (tertiary/aromatic N) is 2. The highest BCUT2D eigenvalue weighted by Gasteiger charge is 2.14. The Hall–Kier alpha value is -2.89. The highest BCUT2D eigenvalue weighted by Crippen LogP contribution is 2.30. The van der Waals surface area contributed by atoms with Crippen LogP contribution >= 0.6 is 11.6 Å². The van der Waals surface area contributed by atoms with Crippen LogP contribution in [0.4, 0.5) is 4.39 Å². The first-order chi connectivity index (χ1) is 13.2. The van der Waals surface area contributed by atoms with Crippen molar-refractivity contribution in [2.75, 3.05) is 0 Å². The van der Waals surface area contributed by atoms with E-state index in [0.29, 0.717) is 18.1 Å². The molecule has 1 N–H and O–H groups in total. The highest BCUT2D eigenvalue weighted by atomic mass is 35.5. The van der Waals surface area contributed by atoms with Crippen LogP contribution in [-0.2, 0) is 13.1 Å². The van der Waals surface area contributed by atoms with Gasteiger partial charge in [0, 0.05) is 23.9 Å². The molecule has 0 spiro atoms. The zero-order valence-electron chi connectivity index (χ0n) is 14.4. The third-order valence-corrected chi connectivity index (χ3v) is 4.53. The van der Waals surface area contributed by atoms with Gasteiger partial charge in [0.25, 0.3) is 0 Å². The van der Waals surface area contributed by atoms with Crippen molar-refractivity contribution in [3.63, 3.8) is 0 Å². The number of aromatic nitrogens is 2. The summed E-state index contributed by atoms with van der Waals surface area (Å²) >= 11 is 6.39. The van der Waals surface area contributed by atoms with Crippen molar-refractivity contribution in [2.45, 2.75) is 13.1 Å². The minimum atomic E-state index is -0.280. The highest BCUT2D eigenvalue weighted by molar-refractivity contribution is 6.33. The summed E-state index contributed by atoms with van der Waals surface area (Å²) in [5.41, 5.74) is 3.41. The van der Waals surface area contributed by atoms with Crippen molar-refractivity contribution in [3.05, 3.63) is 95.3 Å². The van der Waals surface area contributed by atoms with Crippen LogP contribution in [0.5, 0.6) is 0 Å². The zero-order valence-corrected chi connectivity index (χ0v) is 15.2. The van der Waals surface area contributed by atoms with E-state index in [1.807, 2.05) is 42.6 Å². The van der Waals surface area contributed by atoms with Crippen LogP contribution in [-0.4, -0.2) is 9.78 Å². The van der Waals surface area contributed by atoms with Gasteiger partial charge in [0.05, 0.1) is 29.2 Å². The topological polar surface area (TPSA) is 43.0 Å². The van der Waals surface area contributed by atoms with Gasteiger partial charge in [-0.3, -0.25) is 0 Å². The van der Waals surface area contributed by atoms with E-state index in [0.717, 1.165) is 28.3 Å². The van der Waals surface area contributed by atoms with Crippen molar-refractivity contribution in [1.29, 1.82) is 0 Å². The molecular weight excluding hydrogens is 365 g/mol. The average Bonchev–Trinajstić information content (AvgIpc) is 3.33. The number of benzene rings is 2. The summed E-state index contributed by atoms with van der Waals surface area (Å²) in [4.78, 5) is 0. The fraction of sp³-hybridized carbons (Fsp3) is 0.0952. The van der Waals surface area contributed by atoms with Gasteiger partial charge in [0.2, 0.25) is 0 Å². The van der Waals surface area contributed by atoms with Gasteiger partial charge < -0.3 is 9.73 Å². The van der Waals surface area contributed by atoms with Gasteiger partial charge in [0.15, 0.2) is 0 Å². The third-order valence-electron chi connectivity index (χ3n) is 4.20. The van der Waals surface area contributed by atoms with Gasteiger partial charge >= 0.3 is 0 Å². The van der Waals surface area contributed by atoms with Crippen LogP contribution in [0.3, 0.4) is 0 Å². The van der Waals surface area contributed by atoms with Crippen LogP contribution < -0.4 is 5.32 Å². The molecule has 0 amide bonds. The maximum atomic E-state index is 13.2. The Morgan fingerprint density at radius 1 is 1.00 bits per heavy atom. The van der Waals surface area contributed by atoms with Gasteiger partial charge in [0.1, 0.15) is 11.6 Å². The second kappa shape index (κ2) is 7.78. The summed E-state index contributed by atoms with van der Waals surface area (Å²) in [6, 6.07) is 17.6. The maximum Gasteiger partial charge on any atom is 0.123 e. The third kappa shape index (κ3) is 3.94. The van der Waals surface area contributed by atoms with E-state index in [9.17, 15) is 4.39 Å². The fourth-order valence-corrected chi connectivity index (χ4v) is 3.10. The number of hydrogen-bond donors (Lipinski definition) is 1. The Morgan fingerprint density at radius 3 is 2.56 bits per heavy atom. The average molecular weight is 382 g/mol. The lowest BCUT2D eigenvalue weighted by Gasteiger charge is -2.05. The first kappa shape index (κ1) is 17.5. The summed E-state index contributed by atoms with van der Waals surface area (Å²) in [5, 5.41) is 8.69. The molecule has 0 unspecified atom stereocenters. The Balaban J connectivity index is 1.66. The van der Waals surface area contributed by atoms with Crippen LogP contribution in [0.2, 0.25) is 5.02 Å². The number of hydrogen-bond acceptors (Lipinski definition) is 3. The first-order valence-corrected chi connectivity index (χ1v) is 8.91. The second-order valence-electron chi connectivity index (χ2n) is 6.09. The molecular formula is C21H17ClFN3O. The van der Waals surface area contributed by atoms with Crippen LogP contribution in [0, 0.1) is 5.82 Å². The molecule has 0 fully saturated rings. The molecule has 0 radical (unpaired) electrons. The van der Waals surface area contributed by atoms with E-state index >= 15 is 0 Å². The molecule has 0 saturated carbocycles. The van der Waals surface area contributed by atoms with Crippen molar-refractivity contribution in [3.8, 4) is 16.9 Å². The summed E-state index contributed by atoms with van der Waals surface area (Å²) in [5.74, 6) is 0.581. The zero-order chi connectivity index (χ0) is 18.6. The summed E-state index contributed by atoms with van der Waals surface area (Å²) in [7, 11) is 0. The first-order valence-electron chi connectivity index (χ1n) is 8.53. The Bertz CT molecular complexity index is 1030. The van der Waals surface area contributed by atoms with E-state index in [1.54, 1.807) is 23.1 Å². The van der Waals surface area contributed by atoms with Gasteiger partial charge in [-0.15, -0.1) is 0 Å². The molecule has 2 aromatic heterocycles. The van der Waals surface area contributed by atoms with E-state index in [1.165, 1.54) is 12.1 Å². The minimum Gasteiger partial charge on any atom is -0.468 e. The van der Waals surface area contributed by atoms with E-state index < -0.39 is 0 Å². The molecule has 0 atom stereocenters. The number of furan rings is 1. The lowest BCUT2D eigenvalue weighted by atomic mass is 10.1. The molecule has 136 valence electrons. The van der Waals surface area contributed by atoms with Gasteiger partial charge in [-0.2, -0.15) is 5.10 Å². The number of halogens is 2. The largest absolute Gasteiger partial charge is 0.468 e. The molecule has 4 aromatic rings. The fourth-order valence-electron chi connectivity index (χ4n) is 2.88. The van der Waals surface area contributed by atoms with Gasteiger partial charge in [-0.05, 0) is 42.5 Å². The molecule has 0 bridgehead atoms. The van der Waals surface area contributed by atoms with Gasteiger partial charge in [-0.1, -0.05) is 29.8 Å². The molecule has 0 aliphatic rings. The molecule has 0 aliphatic carbocycles. The maximum absolute atomic E-state index is 13.2. The summed E-state index contributed by atoms with van der Waals surface area (Å²) < 4.78 is 20.3. The van der Waals surface area contributed by atoms with Crippen LogP contribution in [0.15, 0.2) is 77.5 Å². The minimum absolute atomic E-state index is 0.280. The summed E-state index contributed by atoms with van der Waals surface area (Å²) in [6.45, 7) is 1.19.